The second kappa shape index (κ2) is 12.9. The fraction of sp³-hybridized carbons (Fsp3) is 0.600. The Morgan fingerprint density at radius 3 is 2.49 bits per heavy atom. The van der Waals surface area contributed by atoms with Crippen molar-refractivity contribution in [3.05, 3.63) is 41.7 Å². The van der Waals surface area contributed by atoms with E-state index in [0.717, 1.165) is 67.6 Å². The molecule has 3 aromatic rings. The number of pyridine rings is 1. The molecule has 5 heterocycles. The van der Waals surface area contributed by atoms with Crippen molar-refractivity contribution >= 4 is 23.4 Å². The summed E-state index contributed by atoms with van der Waals surface area (Å²) in [6, 6.07) is 6.07. The lowest BCUT2D eigenvalue weighted by Crippen LogP contribution is -2.50. The van der Waals surface area contributed by atoms with E-state index in [-0.39, 0.29) is 6.09 Å². The molecule has 1 N–H and O–H groups in total. The van der Waals surface area contributed by atoms with Crippen molar-refractivity contribution in [1.29, 1.82) is 0 Å². The largest absolute Gasteiger partial charge is 0.476 e. The molecule has 2 fully saturated rings. The van der Waals surface area contributed by atoms with Crippen LogP contribution in [0.1, 0.15) is 58.1 Å². The second-order valence-electron chi connectivity index (χ2n) is 11.8. The SMILES string of the molecule is CCc1cnn2c(NCc3ccc(OCCN4CCN(C(=O)OC(C)(C)C)CC4)nc3)cc(N3CCCCC3)nc12. The van der Waals surface area contributed by atoms with Crippen molar-refractivity contribution in [2.45, 2.75) is 65.5 Å². The van der Waals surface area contributed by atoms with Gasteiger partial charge in [-0.3, -0.25) is 4.90 Å². The molecule has 11 nitrogen and oxygen atoms in total. The number of carbonyl (C=O) groups is 1. The van der Waals surface area contributed by atoms with Crippen molar-refractivity contribution in [2.24, 2.45) is 0 Å². The van der Waals surface area contributed by atoms with E-state index in [1.54, 1.807) is 4.90 Å². The molecule has 0 aliphatic carbocycles. The first-order valence-electron chi connectivity index (χ1n) is 14.9. The highest BCUT2D eigenvalue weighted by Crippen LogP contribution is 2.25. The predicted octanol–water partition coefficient (Wildman–Crippen LogP) is 4.22. The Bertz CT molecular complexity index is 1290. The molecule has 2 aliphatic heterocycles. The zero-order chi connectivity index (χ0) is 28.8. The van der Waals surface area contributed by atoms with E-state index in [1.807, 2.05) is 49.8 Å². The van der Waals surface area contributed by atoms with Crippen LogP contribution in [0.2, 0.25) is 0 Å². The van der Waals surface area contributed by atoms with E-state index in [9.17, 15) is 4.79 Å². The van der Waals surface area contributed by atoms with E-state index < -0.39 is 5.60 Å². The van der Waals surface area contributed by atoms with Crippen LogP contribution in [0.3, 0.4) is 0 Å². The van der Waals surface area contributed by atoms with Crippen LogP contribution in [-0.4, -0.2) is 93.5 Å². The zero-order valence-electron chi connectivity index (χ0n) is 24.9. The van der Waals surface area contributed by atoms with Gasteiger partial charge in [0.05, 0.1) is 6.20 Å². The topological polar surface area (TPSA) is 100 Å². The third kappa shape index (κ3) is 7.58. The molecule has 0 radical (unpaired) electrons. The molecular weight excluding hydrogens is 520 g/mol. The van der Waals surface area contributed by atoms with Gasteiger partial charge in [0.2, 0.25) is 5.88 Å². The Hall–Kier alpha value is -3.60. The minimum absolute atomic E-state index is 0.238. The number of anilines is 2. The molecule has 2 aliphatic rings. The number of ether oxygens (including phenoxy) is 2. The van der Waals surface area contributed by atoms with Crippen molar-refractivity contribution in [3.63, 3.8) is 0 Å². The first-order chi connectivity index (χ1) is 19.8. The fourth-order valence-electron chi connectivity index (χ4n) is 5.21. The maximum absolute atomic E-state index is 12.3. The molecule has 222 valence electrons. The Kier molecular flexibility index (Phi) is 9.12. The van der Waals surface area contributed by atoms with Crippen molar-refractivity contribution in [2.75, 3.05) is 62.6 Å². The predicted molar refractivity (Wildman–Crippen MR) is 160 cm³/mol. The summed E-state index contributed by atoms with van der Waals surface area (Å²) in [7, 11) is 0. The summed E-state index contributed by atoms with van der Waals surface area (Å²) in [5.74, 6) is 2.56. The monoisotopic (exact) mass is 564 g/mol. The van der Waals surface area contributed by atoms with Crippen LogP contribution in [0.15, 0.2) is 30.6 Å². The standard InChI is InChI=1S/C30H44N8O3/c1-5-24-22-33-38-25(19-26(34-28(24)38)36-11-7-6-8-12-36)31-20-23-9-10-27(32-21-23)40-18-17-35-13-15-37(16-14-35)29(39)41-30(2,3)4/h9-10,19,21-22,31H,5-8,11-18,20H2,1-4H3. The van der Waals surface area contributed by atoms with Crippen LogP contribution >= 0.6 is 0 Å². The highest BCUT2D eigenvalue weighted by atomic mass is 16.6. The molecule has 0 spiro atoms. The summed E-state index contributed by atoms with van der Waals surface area (Å²) in [5.41, 5.74) is 2.66. The molecule has 0 saturated carbocycles. The average Bonchev–Trinajstić information content (AvgIpc) is 3.40. The van der Waals surface area contributed by atoms with Gasteiger partial charge in [-0.1, -0.05) is 13.0 Å². The molecule has 41 heavy (non-hydrogen) atoms. The van der Waals surface area contributed by atoms with Gasteiger partial charge in [0.15, 0.2) is 5.65 Å². The van der Waals surface area contributed by atoms with Gasteiger partial charge in [0, 0.05) is 76.3 Å². The summed E-state index contributed by atoms with van der Waals surface area (Å²) in [5, 5.41) is 8.17. The minimum Gasteiger partial charge on any atom is -0.476 e. The Morgan fingerprint density at radius 1 is 1.02 bits per heavy atom. The molecule has 11 heteroatoms. The number of piperidine rings is 1. The molecule has 3 aromatic heterocycles. The second-order valence-corrected chi connectivity index (χ2v) is 11.8. The molecule has 0 unspecified atom stereocenters. The van der Waals surface area contributed by atoms with E-state index in [0.29, 0.717) is 32.1 Å². The Morgan fingerprint density at radius 2 is 1.80 bits per heavy atom. The normalized spacial score (nSPS) is 16.7. The van der Waals surface area contributed by atoms with Gasteiger partial charge in [0.1, 0.15) is 23.8 Å². The summed E-state index contributed by atoms with van der Waals surface area (Å²) in [4.78, 5) is 28.2. The number of amides is 1. The number of piperazine rings is 1. The van der Waals surface area contributed by atoms with Crippen molar-refractivity contribution in [1.82, 2.24) is 29.4 Å². The number of nitrogens with one attached hydrogen (secondary N) is 1. The molecule has 0 atom stereocenters. The van der Waals surface area contributed by atoms with Crippen LogP contribution in [0.5, 0.6) is 5.88 Å². The number of rotatable bonds is 9. The molecular formula is C30H44N8O3. The van der Waals surface area contributed by atoms with E-state index >= 15 is 0 Å². The van der Waals surface area contributed by atoms with Crippen LogP contribution < -0.4 is 15.0 Å². The Balaban J connectivity index is 1.11. The molecule has 0 aromatic carbocycles. The smallest absolute Gasteiger partial charge is 0.410 e. The summed E-state index contributed by atoms with van der Waals surface area (Å²) in [6.07, 6.45) is 8.14. The maximum atomic E-state index is 12.3. The van der Waals surface area contributed by atoms with E-state index in [2.05, 4.69) is 38.2 Å². The summed E-state index contributed by atoms with van der Waals surface area (Å²) >= 11 is 0. The lowest BCUT2D eigenvalue weighted by atomic mass is 10.1. The van der Waals surface area contributed by atoms with Crippen LogP contribution in [0.4, 0.5) is 16.4 Å². The van der Waals surface area contributed by atoms with Gasteiger partial charge in [-0.05, 0) is 52.0 Å². The third-order valence-electron chi connectivity index (χ3n) is 7.54. The lowest BCUT2D eigenvalue weighted by Gasteiger charge is -2.35. The zero-order valence-corrected chi connectivity index (χ0v) is 24.9. The van der Waals surface area contributed by atoms with Crippen LogP contribution in [0, 0.1) is 0 Å². The fourth-order valence-corrected chi connectivity index (χ4v) is 5.21. The van der Waals surface area contributed by atoms with Crippen LogP contribution in [0.25, 0.3) is 5.65 Å². The summed E-state index contributed by atoms with van der Waals surface area (Å²) < 4.78 is 13.3. The first-order valence-corrected chi connectivity index (χ1v) is 14.9. The van der Waals surface area contributed by atoms with Crippen molar-refractivity contribution < 1.29 is 14.3 Å². The van der Waals surface area contributed by atoms with Gasteiger partial charge in [-0.2, -0.15) is 9.61 Å². The first kappa shape index (κ1) is 28.9. The highest BCUT2D eigenvalue weighted by Gasteiger charge is 2.25. The van der Waals surface area contributed by atoms with E-state index in [4.69, 9.17) is 14.5 Å². The summed E-state index contributed by atoms with van der Waals surface area (Å²) in [6.45, 7) is 14.8. The van der Waals surface area contributed by atoms with Gasteiger partial charge in [0.25, 0.3) is 0 Å². The Labute approximate surface area is 242 Å². The molecule has 1 amide bonds. The average molecular weight is 565 g/mol. The quantitative estimate of drug-likeness (QED) is 0.409. The number of carbonyl (C=O) groups excluding carboxylic acids is 1. The van der Waals surface area contributed by atoms with Gasteiger partial charge >= 0.3 is 6.09 Å². The van der Waals surface area contributed by atoms with Crippen LogP contribution in [-0.2, 0) is 17.7 Å². The number of aromatic nitrogens is 4. The highest BCUT2D eigenvalue weighted by molar-refractivity contribution is 5.68. The minimum atomic E-state index is -0.471. The van der Waals surface area contributed by atoms with E-state index in [1.165, 1.54) is 19.3 Å². The number of aryl methyl sites for hydroxylation is 1. The van der Waals surface area contributed by atoms with Crippen molar-refractivity contribution in [3.8, 4) is 5.88 Å². The van der Waals surface area contributed by atoms with Gasteiger partial charge in [-0.25, -0.2) is 14.8 Å². The van der Waals surface area contributed by atoms with Gasteiger partial charge in [-0.15, -0.1) is 0 Å². The number of nitrogens with zero attached hydrogens (tertiary/aromatic N) is 7. The number of hydrogen-bond acceptors (Lipinski definition) is 9. The maximum Gasteiger partial charge on any atom is 0.410 e. The van der Waals surface area contributed by atoms with Gasteiger partial charge < -0.3 is 24.6 Å². The number of hydrogen-bond donors (Lipinski definition) is 1. The molecule has 0 bridgehead atoms. The third-order valence-corrected chi connectivity index (χ3v) is 7.54. The molecule has 2 saturated heterocycles. The lowest BCUT2D eigenvalue weighted by molar-refractivity contribution is 0.0136. The molecule has 5 rings (SSSR count). The number of fused-ring (bicyclic) bond motifs is 1.